The Labute approximate surface area is 117 Å². The van der Waals surface area contributed by atoms with E-state index in [1.807, 2.05) is 12.1 Å². The standard InChI is InChI=1S/C15H21F3N2/c16-15(17,18)8-3-4-9-19-11-14-13-6-2-1-5-12(13)7-10-20-14/h1-2,5-6,14,19-20H,3-4,7-11H2. The van der Waals surface area contributed by atoms with Crippen molar-refractivity contribution in [2.24, 2.45) is 0 Å². The molecule has 1 aliphatic rings. The van der Waals surface area contributed by atoms with Crippen molar-refractivity contribution in [3.05, 3.63) is 35.4 Å². The lowest BCUT2D eigenvalue weighted by atomic mass is 9.94. The van der Waals surface area contributed by atoms with Gasteiger partial charge in [-0.05, 0) is 43.5 Å². The van der Waals surface area contributed by atoms with Crippen LogP contribution in [0.1, 0.15) is 36.4 Å². The van der Waals surface area contributed by atoms with Crippen LogP contribution in [0, 0.1) is 0 Å². The molecule has 1 atom stereocenters. The summed E-state index contributed by atoms with van der Waals surface area (Å²) in [6.07, 6.45) is -2.90. The summed E-state index contributed by atoms with van der Waals surface area (Å²) < 4.78 is 36.0. The van der Waals surface area contributed by atoms with Crippen LogP contribution in [0.2, 0.25) is 0 Å². The summed E-state index contributed by atoms with van der Waals surface area (Å²) in [6, 6.07) is 8.61. The van der Waals surface area contributed by atoms with E-state index < -0.39 is 12.6 Å². The van der Waals surface area contributed by atoms with Gasteiger partial charge in [-0.25, -0.2) is 0 Å². The first-order chi connectivity index (χ1) is 9.56. The molecule has 1 aliphatic heterocycles. The second kappa shape index (κ2) is 7.09. The molecule has 0 aromatic heterocycles. The van der Waals surface area contributed by atoms with Crippen LogP contribution >= 0.6 is 0 Å². The maximum atomic E-state index is 12.0. The van der Waals surface area contributed by atoms with Gasteiger partial charge in [-0.15, -0.1) is 0 Å². The molecule has 0 bridgehead atoms. The van der Waals surface area contributed by atoms with Crippen molar-refractivity contribution in [2.45, 2.75) is 37.9 Å². The van der Waals surface area contributed by atoms with E-state index in [-0.39, 0.29) is 12.5 Å². The Morgan fingerprint density at radius 1 is 1.20 bits per heavy atom. The summed E-state index contributed by atoms with van der Waals surface area (Å²) in [6.45, 7) is 2.36. The fourth-order valence-electron chi connectivity index (χ4n) is 2.60. The second-order valence-corrected chi connectivity index (χ2v) is 5.23. The third kappa shape index (κ3) is 4.80. The van der Waals surface area contributed by atoms with Crippen LogP contribution in [0.5, 0.6) is 0 Å². The van der Waals surface area contributed by atoms with Gasteiger partial charge in [-0.2, -0.15) is 13.2 Å². The van der Waals surface area contributed by atoms with Crippen molar-refractivity contribution in [3.8, 4) is 0 Å². The van der Waals surface area contributed by atoms with Crippen LogP contribution in [0.15, 0.2) is 24.3 Å². The highest BCUT2D eigenvalue weighted by Gasteiger charge is 2.25. The molecular weight excluding hydrogens is 265 g/mol. The quantitative estimate of drug-likeness (QED) is 0.785. The molecule has 1 aromatic carbocycles. The highest BCUT2D eigenvalue weighted by molar-refractivity contribution is 5.32. The summed E-state index contributed by atoms with van der Waals surface area (Å²) in [7, 11) is 0. The van der Waals surface area contributed by atoms with Crippen LogP contribution in [0.3, 0.4) is 0 Å². The number of unbranched alkanes of at least 4 members (excludes halogenated alkanes) is 1. The minimum Gasteiger partial charge on any atom is -0.315 e. The number of rotatable bonds is 6. The van der Waals surface area contributed by atoms with Crippen molar-refractivity contribution in [3.63, 3.8) is 0 Å². The lowest BCUT2D eigenvalue weighted by Crippen LogP contribution is -2.37. The number of fused-ring (bicyclic) bond motifs is 1. The summed E-state index contributed by atoms with van der Waals surface area (Å²) in [5, 5.41) is 6.70. The van der Waals surface area contributed by atoms with Gasteiger partial charge in [0.1, 0.15) is 0 Å². The molecule has 1 heterocycles. The Morgan fingerprint density at radius 3 is 2.80 bits per heavy atom. The van der Waals surface area contributed by atoms with Crippen LogP contribution < -0.4 is 10.6 Å². The molecule has 0 saturated carbocycles. The second-order valence-electron chi connectivity index (χ2n) is 5.23. The van der Waals surface area contributed by atoms with Gasteiger partial charge in [-0.3, -0.25) is 0 Å². The Hall–Kier alpha value is -1.07. The first kappa shape index (κ1) is 15.3. The smallest absolute Gasteiger partial charge is 0.315 e. The van der Waals surface area contributed by atoms with E-state index in [2.05, 4.69) is 22.8 Å². The van der Waals surface area contributed by atoms with Gasteiger partial charge in [0, 0.05) is 19.0 Å². The van der Waals surface area contributed by atoms with Gasteiger partial charge >= 0.3 is 6.18 Å². The number of alkyl halides is 3. The van der Waals surface area contributed by atoms with E-state index in [1.54, 1.807) is 0 Å². The predicted molar refractivity (Wildman–Crippen MR) is 73.7 cm³/mol. The average molecular weight is 286 g/mol. The molecule has 0 radical (unpaired) electrons. The zero-order chi connectivity index (χ0) is 14.4. The highest BCUT2D eigenvalue weighted by atomic mass is 19.4. The maximum absolute atomic E-state index is 12.0. The normalized spacial score (nSPS) is 18.9. The van der Waals surface area contributed by atoms with Gasteiger partial charge in [0.05, 0.1) is 0 Å². The third-order valence-corrected chi connectivity index (χ3v) is 3.63. The largest absolute Gasteiger partial charge is 0.389 e. The molecule has 2 nitrogen and oxygen atoms in total. The highest BCUT2D eigenvalue weighted by Crippen LogP contribution is 2.23. The molecule has 0 spiro atoms. The Kier molecular flexibility index (Phi) is 5.43. The minimum atomic E-state index is -4.02. The van der Waals surface area contributed by atoms with Gasteiger partial charge in [0.2, 0.25) is 0 Å². The van der Waals surface area contributed by atoms with Gasteiger partial charge < -0.3 is 10.6 Å². The minimum absolute atomic E-state index is 0.200. The van der Waals surface area contributed by atoms with E-state index >= 15 is 0 Å². The number of hydrogen-bond donors (Lipinski definition) is 2. The van der Waals surface area contributed by atoms with Crippen LogP contribution in [0.25, 0.3) is 0 Å². The molecule has 1 unspecified atom stereocenters. The molecule has 0 aliphatic carbocycles. The molecule has 1 aromatic rings. The molecule has 2 rings (SSSR count). The molecule has 0 amide bonds. The molecule has 0 fully saturated rings. The van der Waals surface area contributed by atoms with Gasteiger partial charge in [0.15, 0.2) is 0 Å². The number of halogens is 3. The van der Waals surface area contributed by atoms with Crippen molar-refractivity contribution >= 4 is 0 Å². The fourth-order valence-corrected chi connectivity index (χ4v) is 2.60. The molecule has 0 saturated heterocycles. The Bertz CT molecular complexity index is 418. The van der Waals surface area contributed by atoms with Crippen LogP contribution in [0.4, 0.5) is 13.2 Å². The monoisotopic (exact) mass is 286 g/mol. The number of benzene rings is 1. The first-order valence-corrected chi connectivity index (χ1v) is 7.15. The topological polar surface area (TPSA) is 24.1 Å². The molecular formula is C15H21F3N2. The van der Waals surface area contributed by atoms with Gasteiger partial charge in [0.25, 0.3) is 0 Å². The summed E-state index contributed by atoms with van der Waals surface area (Å²) in [5.41, 5.74) is 2.68. The summed E-state index contributed by atoms with van der Waals surface area (Å²) in [5.74, 6) is 0. The van der Waals surface area contributed by atoms with E-state index in [9.17, 15) is 13.2 Å². The lowest BCUT2D eigenvalue weighted by Gasteiger charge is -2.27. The van der Waals surface area contributed by atoms with Crippen molar-refractivity contribution in [1.82, 2.24) is 10.6 Å². The molecule has 112 valence electrons. The maximum Gasteiger partial charge on any atom is 0.389 e. The van der Waals surface area contributed by atoms with E-state index in [1.165, 1.54) is 11.1 Å². The molecule has 20 heavy (non-hydrogen) atoms. The lowest BCUT2D eigenvalue weighted by molar-refractivity contribution is -0.135. The zero-order valence-electron chi connectivity index (χ0n) is 11.5. The summed E-state index contributed by atoms with van der Waals surface area (Å²) >= 11 is 0. The van der Waals surface area contributed by atoms with Gasteiger partial charge in [-0.1, -0.05) is 24.3 Å². The molecule has 2 N–H and O–H groups in total. The number of nitrogens with one attached hydrogen (secondary N) is 2. The predicted octanol–water partition coefficient (Wildman–Crippen LogP) is 3.20. The Balaban J connectivity index is 1.68. The molecule has 5 heteroatoms. The van der Waals surface area contributed by atoms with Crippen molar-refractivity contribution in [1.29, 1.82) is 0 Å². The number of hydrogen-bond acceptors (Lipinski definition) is 2. The van der Waals surface area contributed by atoms with E-state index in [0.717, 1.165) is 19.5 Å². The third-order valence-electron chi connectivity index (χ3n) is 3.63. The summed E-state index contributed by atoms with van der Waals surface area (Å²) in [4.78, 5) is 0. The SMILES string of the molecule is FC(F)(F)CCCCNCC1NCCc2ccccc21. The zero-order valence-corrected chi connectivity index (χ0v) is 11.5. The van der Waals surface area contributed by atoms with Crippen molar-refractivity contribution in [2.75, 3.05) is 19.6 Å². The van der Waals surface area contributed by atoms with Crippen molar-refractivity contribution < 1.29 is 13.2 Å². The first-order valence-electron chi connectivity index (χ1n) is 7.15. The van der Waals surface area contributed by atoms with Crippen LogP contribution in [-0.4, -0.2) is 25.8 Å². The van der Waals surface area contributed by atoms with E-state index in [0.29, 0.717) is 13.0 Å². The average Bonchev–Trinajstić information content (AvgIpc) is 2.41. The fraction of sp³-hybridized carbons (Fsp3) is 0.600. The van der Waals surface area contributed by atoms with E-state index in [4.69, 9.17) is 0 Å². The Morgan fingerprint density at radius 2 is 2.00 bits per heavy atom. The van der Waals surface area contributed by atoms with Crippen LogP contribution in [-0.2, 0) is 6.42 Å².